The number of anilines is 1. The highest BCUT2D eigenvalue weighted by atomic mass is 16.4. The van der Waals surface area contributed by atoms with Gasteiger partial charge in [0.1, 0.15) is 11.3 Å². The van der Waals surface area contributed by atoms with Crippen LogP contribution in [0.4, 0.5) is 5.69 Å². The number of hydrogen-bond acceptors (Lipinski definition) is 4. The highest BCUT2D eigenvalue weighted by molar-refractivity contribution is 5.98. The fourth-order valence-electron chi connectivity index (χ4n) is 2.05. The van der Waals surface area contributed by atoms with Crippen molar-refractivity contribution in [3.63, 3.8) is 0 Å². The van der Waals surface area contributed by atoms with E-state index in [9.17, 15) is 14.7 Å². The van der Waals surface area contributed by atoms with Crippen molar-refractivity contribution in [2.75, 3.05) is 18.0 Å². The number of carboxylic acids is 1. The predicted octanol–water partition coefficient (Wildman–Crippen LogP) is 0.402. The maximum Gasteiger partial charge on any atom is 0.339 e. The van der Waals surface area contributed by atoms with E-state index >= 15 is 0 Å². The lowest BCUT2D eigenvalue weighted by Gasteiger charge is -2.17. The molecule has 1 unspecified atom stereocenters. The SMILES string of the molecule is NCC1CC(=O)N(c2ccc(O)c(C(=O)O)c2)C1. The van der Waals surface area contributed by atoms with Crippen LogP contribution in [-0.4, -0.2) is 35.2 Å². The van der Waals surface area contributed by atoms with Crippen LogP contribution in [0.25, 0.3) is 0 Å². The lowest BCUT2D eigenvalue weighted by Crippen LogP contribution is -2.25. The van der Waals surface area contributed by atoms with Gasteiger partial charge in [0.15, 0.2) is 0 Å². The molecule has 0 saturated carbocycles. The van der Waals surface area contributed by atoms with Crippen molar-refractivity contribution in [1.29, 1.82) is 0 Å². The van der Waals surface area contributed by atoms with Crippen LogP contribution in [0.3, 0.4) is 0 Å². The van der Waals surface area contributed by atoms with E-state index in [2.05, 4.69) is 0 Å². The molecule has 6 heteroatoms. The zero-order valence-electron chi connectivity index (χ0n) is 9.67. The molecule has 0 spiro atoms. The number of aromatic carboxylic acids is 1. The average molecular weight is 250 g/mol. The van der Waals surface area contributed by atoms with E-state index in [1.54, 1.807) is 0 Å². The van der Waals surface area contributed by atoms with E-state index in [1.165, 1.54) is 23.1 Å². The van der Waals surface area contributed by atoms with Crippen LogP contribution in [0.5, 0.6) is 5.75 Å². The molecule has 1 atom stereocenters. The molecule has 1 aromatic rings. The van der Waals surface area contributed by atoms with E-state index in [0.29, 0.717) is 25.2 Å². The Labute approximate surface area is 104 Å². The largest absolute Gasteiger partial charge is 0.507 e. The standard InChI is InChI=1S/C12H14N2O4/c13-5-7-3-11(16)14(6-7)8-1-2-10(15)9(4-8)12(17)18/h1-2,4,7,15H,3,5-6,13H2,(H,17,18). The van der Waals surface area contributed by atoms with Crippen molar-refractivity contribution in [2.45, 2.75) is 6.42 Å². The summed E-state index contributed by atoms with van der Waals surface area (Å²) in [4.78, 5) is 24.2. The quantitative estimate of drug-likeness (QED) is 0.720. The number of benzene rings is 1. The predicted molar refractivity (Wildman–Crippen MR) is 64.6 cm³/mol. The second kappa shape index (κ2) is 4.66. The minimum atomic E-state index is -1.23. The van der Waals surface area contributed by atoms with Crippen LogP contribution in [0, 0.1) is 5.92 Å². The molecule has 4 N–H and O–H groups in total. The zero-order chi connectivity index (χ0) is 13.3. The molecular formula is C12H14N2O4. The van der Waals surface area contributed by atoms with E-state index < -0.39 is 5.97 Å². The van der Waals surface area contributed by atoms with Crippen LogP contribution in [0.15, 0.2) is 18.2 Å². The second-order valence-corrected chi connectivity index (χ2v) is 4.32. The molecule has 1 amide bonds. The summed E-state index contributed by atoms with van der Waals surface area (Å²) in [6.07, 6.45) is 0.375. The smallest absolute Gasteiger partial charge is 0.339 e. The van der Waals surface area contributed by atoms with Crippen LogP contribution >= 0.6 is 0 Å². The average Bonchev–Trinajstić information content (AvgIpc) is 2.71. The summed E-state index contributed by atoms with van der Waals surface area (Å²) in [5.74, 6) is -1.52. The summed E-state index contributed by atoms with van der Waals surface area (Å²) in [5, 5.41) is 18.3. The Morgan fingerprint density at radius 2 is 2.22 bits per heavy atom. The van der Waals surface area contributed by atoms with Crippen molar-refractivity contribution in [3.05, 3.63) is 23.8 Å². The first-order valence-corrected chi connectivity index (χ1v) is 5.59. The van der Waals surface area contributed by atoms with Gasteiger partial charge in [-0.3, -0.25) is 4.79 Å². The molecule has 2 rings (SSSR count). The third kappa shape index (κ3) is 2.14. The summed E-state index contributed by atoms with van der Waals surface area (Å²) in [5.41, 5.74) is 5.79. The Kier molecular flexibility index (Phi) is 3.20. The maximum absolute atomic E-state index is 11.8. The third-order valence-electron chi connectivity index (χ3n) is 3.06. The minimum Gasteiger partial charge on any atom is -0.507 e. The number of aromatic hydroxyl groups is 1. The number of carboxylic acid groups (broad SMARTS) is 1. The summed E-state index contributed by atoms with van der Waals surface area (Å²) in [7, 11) is 0. The lowest BCUT2D eigenvalue weighted by molar-refractivity contribution is -0.117. The molecule has 96 valence electrons. The Morgan fingerprint density at radius 3 is 2.78 bits per heavy atom. The van der Waals surface area contributed by atoms with Gasteiger partial charge in [0, 0.05) is 18.7 Å². The highest BCUT2D eigenvalue weighted by Crippen LogP contribution is 2.28. The molecule has 0 aliphatic carbocycles. The monoisotopic (exact) mass is 250 g/mol. The molecule has 1 fully saturated rings. The van der Waals surface area contributed by atoms with Gasteiger partial charge in [-0.2, -0.15) is 0 Å². The number of carbonyl (C=O) groups is 2. The van der Waals surface area contributed by atoms with Crippen molar-refractivity contribution >= 4 is 17.6 Å². The van der Waals surface area contributed by atoms with Gasteiger partial charge in [0.2, 0.25) is 5.91 Å². The Morgan fingerprint density at radius 1 is 1.50 bits per heavy atom. The number of nitrogens with zero attached hydrogens (tertiary/aromatic N) is 1. The summed E-state index contributed by atoms with van der Waals surface area (Å²) < 4.78 is 0. The van der Waals surface area contributed by atoms with E-state index in [1.807, 2.05) is 0 Å². The van der Waals surface area contributed by atoms with Crippen molar-refractivity contribution in [3.8, 4) is 5.75 Å². The number of phenols is 1. The third-order valence-corrected chi connectivity index (χ3v) is 3.06. The molecule has 0 bridgehead atoms. The Hall–Kier alpha value is -2.08. The van der Waals surface area contributed by atoms with E-state index in [4.69, 9.17) is 10.8 Å². The topological polar surface area (TPSA) is 104 Å². The van der Waals surface area contributed by atoms with Crippen molar-refractivity contribution in [2.24, 2.45) is 11.7 Å². The first-order chi connectivity index (χ1) is 8.52. The number of amides is 1. The second-order valence-electron chi connectivity index (χ2n) is 4.32. The number of hydrogen-bond donors (Lipinski definition) is 3. The number of nitrogens with two attached hydrogens (primary N) is 1. The van der Waals surface area contributed by atoms with Gasteiger partial charge in [-0.25, -0.2) is 4.79 Å². The van der Waals surface area contributed by atoms with E-state index in [0.717, 1.165) is 0 Å². The normalized spacial score (nSPS) is 19.3. The van der Waals surface area contributed by atoms with Gasteiger partial charge in [-0.05, 0) is 30.7 Å². The molecule has 1 saturated heterocycles. The van der Waals surface area contributed by atoms with Gasteiger partial charge in [0.05, 0.1) is 0 Å². The van der Waals surface area contributed by atoms with Crippen LogP contribution in [0.2, 0.25) is 0 Å². The van der Waals surface area contributed by atoms with Crippen molar-refractivity contribution in [1.82, 2.24) is 0 Å². The molecule has 0 radical (unpaired) electrons. The van der Waals surface area contributed by atoms with Gasteiger partial charge in [-0.1, -0.05) is 0 Å². The Balaban J connectivity index is 2.32. The first kappa shape index (κ1) is 12.4. The molecule has 1 aliphatic rings. The molecule has 0 aromatic heterocycles. The first-order valence-electron chi connectivity index (χ1n) is 5.59. The highest BCUT2D eigenvalue weighted by Gasteiger charge is 2.30. The number of rotatable bonds is 3. The number of carbonyl (C=O) groups excluding carboxylic acids is 1. The lowest BCUT2D eigenvalue weighted by atomic mass is 10.1. The van der Waals surface area contributed by atoms with Crippen LogP contribution < -0.4 is 10.6 Å². The zero-order valence-corrected chi connectivity index (χ0v) is 9.67. The van der Waals surface area contributed by atoms with Crippen molar-refractivity contribution < 1.29 is 19.8 Å². The van der Waals surface area contributed by atoms with Gasteiger partial charge >= 0.3 is 5.97 Å². The van der Waals surface area contributed by atoms with Gasteiger partial charge in [0.25, 0.3) is 0 Å². The molecule has 1 aliphatic heterocycles. The molecule has 1 heterocycles. The van der Waals surface area contributed by atoms with Gasteiger partial charge < -0.3 is 20.8 Å². The molecular weight excluding hydrogens is 236 g/mol. The Bertz CT molecular complexity index is 501. The summed E-state index contributed by atoms with van der Waals surface area (Å²) in [6, 6.07) is 4.11. The molecule has 18 heavy (non-hydrogen) atoms. The summed E-state index contributed by atoms with van der Waals surface area (Å²) >= 11 is 0. The maximum atomic E-state index is 11.8. The molecule has 6 nitrogen and oxygen atoms in total. The van der Waals surface area contributed by atoms with E-state index in [-0.39, 0.29) is 23.1 Å². The fraction of sp³-hybridized carbons (Fsp3) is 0.333. The van der Waals surface area contributed by atoms with Gasteiger partial charge in [-0.15, -0.1) is 0 Å². The van der Waals surface area contributed by atoms with Crippen LogP contribution in [0.1, 0.15) is 16.8 Å². The summed E-state index contributed by atoms with van der Waals surface area (Å²) in [6.45, 7) is 0.908. The van der Waals surface area contributed by atoms with Crippen LogP contribution in [-0.2, 0) is 4.79 Å². The fourth-order valence-corrected chi connectivity index (χ4v) is 2.05. The minimum absolute atomic E-state index is 0.0764. The molecule has 1 aromatic carbocycles.